The van der Waals surface area contributed by atoms with Gasteiger partial charge in [-0.25, -0.2) is 0 Å². The fraction of sp³-hybridized carbons (Fsp3) is 0.333. The lowest BCUT2D eigenvalue weighted by molar-refractivity contribution is 0.0940. The maximum absolute atomic E-state index is 13.5. The normalized spacial score (nSPS) is 18.8. The largest absolute Gasteiger partial charge is 0.360 e. The van der Waals surface area contributed by atoms with Crippen molar-refractivity contribution in [3.63, 3.8) is 0 Å². The maximum Gasteiger partial charge on any atom is 0.264 e. The minimum absolute atomic E-state index is 0.0127. The van der Waals surface area contributed by atoms with Crippen LogP contribution in [-0.4, -0.2) is 27.2 Å². The highest BCUT2D eigenvalue weighted by Crippen LogP contribution is 2.36. The summed E-state index contributed by atoms with van der Waals surface area (Å²) < 4.78 is 7.22. The topological polar surface area (TPSA) is 90.0 Å². The number of rotatable bonds is 4. The molecule has 1 fully saturated rings. The van der Waals surface area contributed by atoms with Crippen LogP contribution in [0.5, 0.6) is 0 Å². The van der Waals surface area contributed by atoms with Crippen LogP contribution < -0.4 is 10.9 Å². The molecule has 8 heteroatoms. The molecule has 164 valence electrons. The number of aryl methyl sites for hydroxylation is 1. The Kier molecular flexibility index (Phi) is 5.43. The number of halogens is 1. The molecular formula is C24H23ClN4O3. The standard InChI is InChI=1S/C24H23ClN4O3/c1-14-20-22(28-32-14)21-18(25)6-3-7-19(21)29(24(20)31)17-5-2-4-15(12-17)13-27-23(30)16-8-10-26-11-9-16/h3,6-11,15,17H,2,4-5,12-13H2,1H3,(H,27,30)/t15-,17+/m1/s1. The van der Waals surface area contributed by atoms with Gasteiger partial charge >= 0.3 is 0 Å². The van der Waals surface area contributed by atoms with E-state index in [0.717, 1.165) is 36.6 Å². The van der Waals surface area contributed by atoms with Crippen LogP contribution >= 0.6 is 11.6 Å². The van der Waals surface area contributed by atoms with Crippen LogP contribution in [-0.2, 0) is 0 Å². The van der Waals surface area contributed by atoms with E-state index in [-0.39, 0.29) is 23.4 Å². The van der Waals surface area contributed by atoms with Crippen LogP contribution in [0.4, 0.5) is 0 Å². The van der Waals surface area contributed by atoms with E-state index in [0.29, 0.717) is 33.8 Å². The van der Waals surface area contributed by atoms with Gasteiger partial charge in [0.05, 0.1) is 10.5 Å². The number of nitrogens with one attached hydrogen (secondary N) is 1. The molecule has 3 aromatic heterocycles. The second-order valence-corrected chi connectivity index (χ2v) is 8.81. The molecule has 1 N–H and O–H groups in total. The quantitative estimate of drug-likeness (QED) is 0.488. The van der Waals surface area contributed by atoms with E-state index in [4.69, 9.17) is 16.1 Å². The van der Waals surface area contributed by atoms with Crippen LogP contribution in [0.1, 0.15) is 47.8 Å². The molecule has 0 unspecified atom stereocenters. The van der Waals surface area contributed by atoms with E-state index in [9.17, 15) is 9.59 Å². The molecule has 1 amide bonds. The number of amides is 1. The third-order valence-electron chi connectivity index (χ3n) is 6.40. The van der Waals surface area contributed by atoms with Crippen molar-refractivity contribution < 1.29 is 9.32 Å². The third-order valence-corrected chi connectivity index (χ3v) is 6.71. The first-order valence-electron chi connectivity index (χ1n) is 10.8. The minimum Gasteiger partial charge on any atom is -0.360 e. The van der Waals surface area contributed by atoms with Crippen molar-refractivity contribution in [2.75, 3.05) is 6.54 Å². The van der Waals surface area contributed by atoms with Gasteiger partial charge in [0, 0.05) is 35.9 Å². The van der Waals surface area contributed by atoms with Gasteiger partial charge in [0.1, 0.15) is 16.7 Å². The third kappa shape index (κ3) is 3.56. The first-order chi connectivity index (χ1) is 15.5. The van der Waals surface area contributed by atoms with Gasteiger partial charge in [-0.15, -0.1) is 0 Å². The van der Waals surface area contributed by atoms with E-state index in [1.807, 2.05) is 16.7 Å². The summed E-state index contributed by atoms with van der Waals surface area (Å²) in [4.78, 5) is 29.9. The molecular weight excluding hydrogens is 428 g/mol. The first-order valence-corrected chi connectivity index (χ1v) is 11.2. The van der Waals surface area contributed by atoms with Crippen molar-refractivity contribution in [2.45, 2.75) is 38.6 Å². The minimum atomic E-state index is -0.106. The van der Waals surface area contributed by atoms with E-state index < -0.39 is 0 Å². The fourth-order valence-electron chi connectivity index (χ4n) is 4.86. The summed E-state index contributed by atoms with van der Waals surface area (Å²) in [5.74, 6) is 0.669. The lowest BCUT2D eigenvalue weighted by Gasteiger charge is -2.31. The Morgan fingerprint density at radius 1 is 1.22 bits per heavy atom. The second kappa shape index (κ2) is 8.39. The zero-order valence-electron chi connectivity index (χ0n) is 17.7. The summed E-state index contributed by atoms with van der Waals surface area (Å²) in [5.41, 5.74) is 1.79. The molecule has 0 saturated heterocycles. The Morgan fingerprint density at radius 3 is 2.84 bits per heavy atom. The number of nitrogens with zero attached hydrogens (tertiary/aromatic N) is 3. The highest BCUT2D eigenvalue weighted by Gasteiger charge is 2.28. The van der Waals surface area contributed by atoms with Gasteiger partial charge in [-0.05, 0) is 56.4 Å². The van der Waals surface area contributed by atoms with Gasteiger partial charge in [0.2, 0.25) is 0 Å². The summed E-state index contributed by atoms with van der Waals surface area (Å²) in [6.07, 6.45) is 6.90. The number of pyridine rings is 2. The Balaban J connectivity index is 1.46. The summed E-state index contributed by atoms with van der Waals surface area (Å²) in [6, 6.07) is 8.99. The van der Waals surface area contributed by atoms with Crippen molar-refractivity contribution >= 4 is 39.3 Å². The molecule has 0 spiro atoms. The zero-order valence-corrected chi connectivity index (χ0v) is 18.4. The van der Waals surface area contributed by atoms with Crippen LogP contribution in [0.15, 0.2) is 52.0 Å². The van der Waals surface area contributed by atoms with Crippen molar-refractivity contribution in [1.82, 2.24) is 20.0 Å². The summed E-state index contributed by atoms with van der Waals surface area (Å²) in [6.45, 7) is 2.32. The lowest BCUT2D eigenvalue weighted by Crippen LogP contribution is -2.34. The van der Waals surface area contributed by atoms with Gasteiger partial charge < -0.3 is 14.4 Å². The Morgan fingerprint density at radius 2 is 2.03 bits per heavy atom. The number of hydrogen-bond acceptors (Lipinski definition) is 5. The highest BCUT2D eigenvalue weighted by molar-refractivity contribution is 6.37. The smallest absolute Gasteiger partial charge is 0.264 e. The number of benzene rings is 1. The highest BCUT2D eigenvalue weighted by atomic mass is 35.5. The van der Waals surface area contributed by atoms with Crippen molar-refractivity contribution in [2.24, 2.45) is 5.92 Å². The SMILES string of the molecule is Cc1onc2c1c(=O)n([C@H]1CCC[C@@H](CNC(=O)c3ccncc3)C1)c1cccc(Cl)c21. The number of carbonyl (C=O) groups is 1. The molecule has 1 aliphatic carbocycles. The number of hydrogen-bond donors (Lipinski definition) is 1. The van der Waals surface area contributed by atoms with E-state index in [1.54, 1.807) is 37.5 Å². The molecule has 1 aromatic carbocycles. The molecule has 2 atom stereocenters. The van der Waals surface area contributed by atoms with E-state index >= 15 is 0 Å². The van der Waals surface area contributed by atoms with E-state index in [2.05, 4.69) is 15.5 Å². The average molecular weight is 451 g/mol. The molecule has 3 heterocycles. The zero-order chi connectivity index (χ0) is 22.2. The molecule has 1 saturated carbocycles. The molecule has 7 nitrogen and oxygen atoms in total. The summed E-state index contributed by atoms with van der Waals surface area (Å²) >= 11 is 6.53. The van der Waals surface area contributed by atoms with Gasteiger partial charge in [0.15, 0.2) is 0 Å². The average Bonchev–Trinajstić information content (AvgIpc) is 3.20. The molecule has 1 aliphatic rings. The van der Waals surface area contributed by atoms with E-state index in [1.165, 1.54) is 0 Å². The Labute approximate surface area is 189 Å². The fourth-order valence-corrected chi connectivity index (χ4v) is 5.12. The maximum atomic E-state index is 13.5. The molecule has 0 bridgehead atoms. The van der Waals surface area contributed by atoms with Crippen LogP contribution in [0.3, 0.4) is 0 Å². The number of carbonyl (C=O) groups excluding carboxylic acids is 1. The molecule has 0 aliphatic heterocycles. The predicted octanol–water partition coefficient (Wildman–Crippen LogP) is 4.66. The monoisotopic (exact) mass is 450 g/mol. The van der Waals surface area contributed by atoms with Gasteiger partial charge in [-0.1, -0.05) is 29.2 Å². The lowest BCUT2D eigenvalue weighted by atomic mass is 9.85. The predicted molar refractivity (Wildman–Crippen MR) is 123 cm³/mol. The molecule has 32 heavy (non-hydrogen) atoms. The number of fused-ring (bicyclic) bond motifs is 3. The van der Waals surface area contributed by atoms with Crippen molar-refractivity contribution in [1.29, 1.82) is 0 Å². The molecule has 4 aromatic rings. The molecule has 5 rings (SSSR count). The van der Waals surface area contributed by atoms with Crippen LogP contribution in [0, 0.1) is 12.8 Å². The van der Waals surface area contributed by atoms with Gasteiger partial charge in [0.25, 0.3) is 11.5 Å². The Bertz CT molecular complexity index is 1360. The summed E-state index contributed by atoms with van der Waals surface area (Å²) in [5, 5.41) is 8.93. The van der Waals surface area contributed by atoms with Crippen molar-refractivity contribution in [3.05, 3.63) is 69.4 Å². The van der Waals surface area contributed by atoms with Crippen LogP contribution in [0.2, 0.25) is 5.02 Å². The van der Waals surface area contributed by atoms with Crippen LogP contribution in [0.25, 0.3) is 21.8 Å². The molecule has 0 radical (unpaired) electrons. The van der Waals surface area contributed by atoms with Gasteiger partial charge in [-0.2, -0.15) is 0 Å². The van der Waals surface area contributed by atoms with Gasteiger partial charge in [-0.3, -0.25) is 14.6 Å². The second-order valence-electron chi connectivity index (χ2n) is 8.40. The van der Waals surface area contributed by atoms with Crippen molar-refractivity contribution in [3.8, 4) is 0 Å². The number of aromatic nitrogens is 3. The Hall–Kier alpha value is -3.19. The first kappa shape index (κ1) is 20.7. The summed E-state index contributed by atoms with van der Waals surface area (Å²) in [7, 11) is 0.